The largest absolute Gasteiger partial charge is 0.298 e. The Hall–Kier alpha value is -1.90. The van der Waals surface area contributed by atoms with Gasteiger partial charge in [0.25, 0.3) is 0 Å². The van der Waals surface area contributed by atoms with Crippen LogP contribution in [0.3, 0.4) is 0 Å². The molecule has 2 rings (SSSR count). The first kappa shape index (κ1) is 8.69. The molecule has 0 saturated heterocycles. The fraction of sp³-hybridized carbons (Fsp3) is 0.0909. The maximum Gasteiger partial charge on any atom is 0.153 e. The first-order valence-corrected chi connectivity index (χ1v) is 4.38. The van der Waals surface area contributed by atoms with Crippen LogP contribution in [0.4, 0.5) is 0 Å². The SMILES string of the molecule is Cc1c(C=O)cnn1-c1ccccc1. The minimum atomic E-state index is 0.633. The molecule has 0 N–H and O–H groups in total. The van der Waals surface area contributed by atoms with E-state index in [-0.39, 0.29) is 0 Å². The summed E-state index contributed by atoms with van der Waals surface area (Å²) >= 11 is 0. The predicted octanol–water partition coefficient (Wildman–Crippen LogP) is 1.99. The summed E-state index contributed by atoms with van der Waals surface area (Å²) < 4.78 is 1.75. The topological polar surface area (TPSA) is 34.9 Å². The maximum absolute atomic E-state index is 10.6. The Morgan fingerprint density at radius 2 is 2.00 bits per heavy atom. The van der Waals surface area contributed by atoms with Crippen molar-refractivity contribution < 1.29 is 4.79 Å². The highest BCUT2D eigenvalue weighted by Gasteiger charge is 2.05. The summed E-state index contributed by atoms with van der Waals surface area (Å²) in [4.78, 5) is 10.6. The van der Waals surface area contributed by atoms with Crippen molar-refractivity contribution in [3.8, 4) is 5.69 Å². The molecule has 1 aromatic carbocycles. The van der Waals surface area contributed by atoms with E-state index in [1.165, 1.54) is 0 Å². The van der Waals surface area contributed by atoms with Gasteiger partial charge in [0.1, 0.15) is 0 Å². The van der Waals surface area contributed by atoms with Crippen LogP contribution in [0.2, 0.25) is 0 Å². The first-order chi connectivity index (χ1) is 6.83. The molecular weight excluding hydrogens is 176 g/mol. The standard InChI is InChI=1S/C11H10N2O/c1-9-10(8-14)7-12-13(9)11-5-3-2-4-6-11/h2-8H,1H3. The van der Waals surface area contributed by atoms with Gasteiger partial charge in [-0.1, -0.05) is 18.2 Å². The van der Waals surface area contributed by atoms with Gasteiger partial charge in [0.05, 0.1) is 23.1 Å². The average molecular weight is 186 g/mol. The molecule has 0 radical (unpaired) electrons. The lowest BCUT2D eigenvalue weighted by molar-refractivity contribution is 0.112. The lowest BCUT2D eigenvalue weighted by atomic mass is 10.3. The zero-order valence-electron chi connectivity index (χ0n) is 7.84. The van der Waals surface area contributed by atoms with Gasteiger partial charge in [-0.15, -0.1) is 0 Å². The molecule has 1 heterocycles. The third kappa shape index (κ3) is 1.33. The Morgan fingerprint density at radius 1 is 1.29 bits per heavy atom. The monoisotopic (exact) mass is 186 g/mol. The van der Waals surface area contributed by atoms with Crippen LogP contribution in [0.15, 0.2) is 36.5 Å². The van der Waals surface area contributed by atoms with Crippen molar-refractivity contribution in [1.29, 1.82) is 0 Å². The lowest BCUT2D eigenvalue weighted by Crippen LogP contribution is -1.98. The van der Waals surface area contributed by atoms with E-state index in [0.29, 0.717) is 5.56 Å². The van der Waals surface area contributed by atoms with Crippen molar-refractivity contribution in [3.63, 3.8) is 0 Å². The van der Waals surface area contributed by atoms with Gasteiger partial charge >= 0.3 is 0 Å². The van der Waals surface area contributed by atoms with Crippen LogP contribution in [0.1, 0.15) is 16.1 Å². The predicted molar refractivity (Wildman–Crippen MR) is 53.7 cm³/mol. The van der Waals surface area contributed by atoms with Crippen molar-refractivity contribution in [1.82, 2.24) is 9.78 Å². The van der Waals surface area contributed by atoms with Crippen LogP contribution in [-0.4, -0.2) is 16.1 Å². The van der Waals surface area contributed by atoms with Crippen LogP contribution in [-0.2, 0) is 0 Å². The zero-order chi connectivity index (χ0) is 9.97. The van der Waals surface area contributed by atoms with Gasteiger partial charge in [0, 0.05) is 0 Å². The van der Waals surface area contributed by atoms with Crippen LogP contribution < -0.4 is 0 Å². The Kier molecular flexibility index (Phi) is 2.14. The van der Waals surface area contributed by atoms with Gasteiger partial charge in [0.2, 0.25) is 0 Å². The lowest BCUT2D eigenvalue weighted by Gasteiger charge is -2.02. The van der Waals surface area contributed by atoms with Crippen molar-refractivity contribution >= 4 is 6.29 Å². The van der Waals surface area contributed by atoms with Crippen molar-refractivity contribution in [2.24, 2.45) is 0 Å². The van der Waals surface area contributed by atoms with Gasteiger partial charge in [-0.05, 0) is 19.1 Å². The number of aromatic nitrogens is 2. The van der Waals surface area contributed by atoms with E-state index in [1.807, 2.05) is 37.3 Å². The first-order valence-electron chi connectivity index (χ1n) is 4.38. The van der Waals surface area contributed by atoms with Crippen LogP contribution in [0, 0.1) is 6.92 Å². The molecule has 2 aromatic rings. The van der Waals surface area contributed by atoms with E-state index in [9.17, 15) is 4.79 Å². The molecule has 0 aliphatic carbocycles. The summed E-state index contributed by atoms with van der Waals surface area (Å²) in [7, 11) is 0. The number of benzene rings is 1. The van der Waals surface area contributed by atoms with Crippen molar-refractivity contribution in [3.05, 3.63) is 47.8 Å². The molecule has 3 nitrogen and oxygen atoms in total. The number of para-hydroxylation sites is 1. The Labute approximate surface area is 82.0 Å². The minimum absolute atomic E-state index is 0.633. The van der Waals surface area contributed by atoms with Crippen LogP contribution >= 0.6 is 0 Å². The molecule has 0 saturated carbocycles. The highest BCUT2D eigenvalue weighted by molar-refractivity contribution is 5.76. The van der Waals surface area contributed by atoms with Crippen LogP contribution in [0.25, 0.3) is 5.69 Å². The van der Waals surface area contributed by atoms with Crippen LogP contribution in [0.5, 0.6) is 0 Å². The number of hydrogen-bond donors (Lipinski definition) is 0. The number of rotatable bonds is 2. The van der Waals surface area contributed by atoms with E-state index < -0.39 is 0 Å². The molecule has 0 spiro atoms. The highest BCUT2D eigenvalue weighted by Crippen LogP contribution is 2.11. The number of nitrogens with zero attached hydrogens (tertiary/aromatic N) is 2. The number of carbonyl (C=O) groups excluding carboxylic acids is 1. The summed E-state index contributed by atoms with van der Waals surface area (Å²) in [6.45, 7) is 1.88. The number of hydrogen-bond acceptors (Lipinski definition) is 2. The van der Waals surface area contributed by atoms with Gasteiger partial charge < -0.3 is 0 Å². The number of aldehydes is 1. The molecule has 14 heavy (non-hydrogen) atoms. The molecule has 0 unspecified atom stereocenters. The molecule has 0 amide bonds. The second kappa shape index (κ2) is 3.46. The molecule has 0 fully saturated rings. The molecule has 0 aliphatic heterocycles. The fourth-order valence-corrected chi connectivity index (χ4v) is 1.37. The molecule has 70 valence electrons. The zero-order valence-corrected chi connectivity index (χ0v) is 7.84. The van der Waals surface area contributed by atoms with E-state index in [1.54, 1.807) is 10.9 Å². The van der Waals surface area contributed by atoms with Gasteiger partial charge in [-0.25, -0.2) is 4.68 Å². The molecule has 1 aromatic heterocycles. The van der Waals surface area contributed by atoms with Crippen molar-refractivity contribution in [2.75, 3.05) is 0 Å². The third-order valence-electron chi connectivity index (χ3n) is 2.18. The van der Waals surface area contributed by atoms with Gasteiger partial charge in [0.15, 0.2) is 6.29 Å². The normalized spacial score (nSPS) is 10.1. The minimum Gasteiger partial charge on any atom is -0.298 e. The quantitative estimate of drug-likeness (QED) is 0.672. The Morgan fingerprint density at radius 3 is 2.57 bits per heavy atom. The van der Waals surface area contributed by atoms with Gasteiger partial charge in [-0.2, -0.15) is 5.10 Å². The summed E-state index contributed by atoms with van der Waals surface area (Å²) in [5.74, 6) is 0. The summed E-state index contributed by atoms with van der Waals surface area (Å²) in [5.41, 5.74) is 2.47. The summed E-state index contributed by atoms with van der Waals surface area (Å²) in [6, 6.07) is 9.74. The molecule has 0 atom stereocenters. The summed E-state index contributed by atoms with van der Waals surface area (Å²) in [6.07, 6.45) is 2.40. The van der Waals surface area contributed by atoms with E-state index >= 15 is 0 Å². The van der Waals surface area contributed by atoms with E-state index in [4.69, 9.17) is 0 Å². The van der Waals surface area contributed by atoms with Gasteiger partial charge in [-0.3, -0.25) is 4.79 Å². The summed E-state index contributed by atoms with van der Waals surface area (Å²) in [5, 5.41) is 4.14. The average Bonchev–Trinajstić information content (AvgIpc) is 2.61. The fourth-order valence-electron chi connectivity index (χ4n) is 1.37. The highest BCUT2D eigenvalue weighted by atomic mass is 16.1. The Balaban J connectivity index is 2.53. The molecular formula is C11H10N2O. The van der Waals surface area contributed by atoms with E-state index in [2.05, 4.69) is 5.10 Å². The molecule has 0 bridgehead atoms. The Bertz CT molecular complexity index is 446. The van der Waals surface area contributed by atoms with Crippen molar-refractivity contribution in [2.45, 2.75) is 6.92 Å². The second-order valence-corrected chi connectivity index (χ2v) is 3.05. The third-order valence-corrected chi connectivity index (χ3v) is 2.18. The smallest absolute Gasteiger partial charge is 0.153 e. The second-order valence-electron chi connectivity index (χ2n) is 3.05. The number of carbonyl (C=O) groups is 1. The van der Waals surface area contributed by atoms with E-state index in [0.717, 1.165) is 17.7 Å². The maximum atomic E-state index is 10.6. The molecule has 3 heteroatoms. The molecule has 0 aliphatic rings.